The minimum absolute atomic E-state index is 0.192. The number of nitrogens with two attached hydrogens (primary N) is 1. The molecule has 0 saturated heterocycles. The van der Waals surface area contributed by atoms with Crippen LogP contribution in [-0.2, 0) is 18.3 Å². The number of hydrogen-bond donors (Lipinski definition) is 3. The lowest BCUT2D eigenvalue weighted by Crippen LogP contribution is -2.62. The third kappa shape index (κ3) is 1.48. The second kappa shape index (κ2) is 4.22. The fourth-order valence-corrected chi connectivity index (χ4v) is 4.71. The van der Waals surface area contributed by atoms with E-state index >= 15 is 0 Å². The van der Waals surface area contributed by atoms with E-state index in [4.69, 9.17) is 5.73 Å². The molecule has 3 nitrogen and oxygen atoms in total. The molecule has 1 fully saturated rings. The van der Waals surface area contributed by atoms with Crippen LogP contribution >= 0.6 is 0 Å². The maximum absolute atomic E-state index is 11.2. The van der Waals surface area contributed by atoms with Crippen molar-refractivity contribution in [1.82, 2.24) is 0 Å². The van der Waals surface area contributed by atoms with E-state index in [-0.39, 0.29) is 5.41 Å². The quantitative estimate of drug-likeness (QED) is 0.773. The van der Waals surface area contributed by atoms with E-state index < -0.39 is 5.60 Å². The van der Waals surface area contributed by atoms with Crippen molar-refractivity contribution in [2.24, 2.45) is 5.73 Å². The highest BCUT2D eigenvalue weighted by molar-refractivity contribution is 5.64. The van der Waals surface area contributed by atoms with Crippen LogP contribution < -0.4 is 11.1 Å². The minimum atomic E-state index is -0.583. The summed E-state index contributed by atoms with van der Waals surface area (Å²) in [6.07, 6.45) is 7.43. The van der Waals surface area contributed by atoms with Gasteiger partial charge in [-0.05, 0) is 48.4 Å². The number of hydrogen-bond acceptors (Lipinski definition) is 3. The van der Waals surface area contributed by atoms with Crippen LogP contribution in [0.15, 0.2) is 12.1 Å². The Kier molecular flexibility index (Phi) is 2.67. The van der Waals surface area contributed by atoms with Gasteiger partial charge < -0.3 is 16.2 Å². The molecule has 0 aromatic heterocycles. The van der Waals surface area contributed by atoms with Gasteiger partial charge >= 0.3 is 0 Å². The summed E-state index contributed by atoms with van der Waals surface area (Å²) in [5, 5.41) is 14.7. The normalized spacial score (nSPS) is 30.1. The summed E-state index contributed by atoms with van der Waals surface area (Å²) in [5.74, 6) is 0. The van der Waals surface area contributed by atoms with Gasteiger partial charge in [-0.2, -0.15) is 0 Å². The topological polar surface area (TPSA) is 58.3 Å². The Morgan fingerprint density at radius 2 is 1.95 bits per heavy atom. The summed E-state index contributed by atoms with van der Waals surface area (Å²) < 4.78 is 0. The van der Waals surface area contributed by atoms with Crippen LogP contribution in [0.3, 0.4) is 0 Å². The maximum atomic E-state index is 11.2. The summed E-state index contributed by atoms with van der Waals surface area (Å²) in [4.78, 5) is 0. The highest BCUT2D eigenvalue weighted by Gasteiger charge is 2.56. The van der Waals surface area contributed by atoms with Crippen molar-refractivity contribution in [1.29, 1.82) is 0 Å². The van der Waals surface area contributed by atoms with Gasteiger partial charge in [0.25, 0.3) is 0 Å². The Balaban J connectivity index is 1.77. The van der Waals surface area contributed by atoms with E-state index in [0.717, 1.165) is 45.1 Å². The first kappa shape index (κ1) is 12.7. The number of aliphatic hydroxyl groups is 1. The fraction of sp³-hybridized carbons (Fsp3) is 0.647. The van der Waals surface area contributed by atoms with Gasteiger partial charge in [0.1, 0.15) is 0 Å². The minimum Gasteiger partial charge on any atom is -0.389 e. The zero-order valence-electron chi connectivity index (χ0n) is 12.0. The predicted octanol–water partition coefficient (Wildman–Crippen LogP) is 2.10. The van der Waals surface area contributed by atoms with Crippen LogP contribution in [0.2, 0.25) is 0 Å². The lowest BCUT2D eigenvalue weighted by molar-refractivity contribution is -0.0756. The lowest BCUT2D eigenvalue weighted by atomic mass is 9.52. The summed E-state index contributed by atoms with van der Waals surface area (Å²) in [6, 6.07) is 4.62. The summed E-state index contributed by atoms with van der Waals surface area (Å²) in [7, 11) is 0. The average Bonchev–Trinajstić information content (AvgIpc) is 2.89. The van der Waals surface area contributed by atoms with Crippen LogP contribution in [0.5, 0.6) is 0 Å². The Labute approximate surface area is 120 Å². The van der Waals surface area contributed by atoms with E-state index in [2.05, 4.69) is 17.4 Å². The van der Waals surface area contributed by atoms with Gasteiger partial charge in [-0.1, -0.05) is 25.3 Å². The monoisotopic (exact) mass is 272 g/mol. The van der Waals surface area contributed by atoms with E-state index in [9.17, 15) is 5.11 Å². The smallest absolute Gasteiger partial charge is 0.0759 e. The maximum Gasteiger partial charge on any atom is 0.0759 e. The zero-order valence-corrected chi connectivity index (χ0v) is 12.0. The Hall–Kier alpha value is -1.06. The summed E-state index contributed by atoms with van der Waals surface area (Å²) >= 11 is 0. The van der Waals surface area contributed by atoms with Gasteiger partial charge in [-0.15, -0.1) is 0 Å². The second-order valence-corrected chi connectivity index (χ2v) is 6.90. The van der Waals surface area contributed by atoms with Crippen LogP contribution in [-0.4, -0.2) is 23.8 Å². The Bertz CT molecular complexity index is 548. The lowest BCUT2D eigenvalue weighted by Gasteiger charge is -2.55. The van der Waals surface area contributed by atoms with E-state index in [0.29, 0.717) is 6.54 Å². The molecule has 0 spiro atoms. The molecule has 1 aliphatic heterocycles. The highest BCUT2D eigenvalue weighted by atomic mass is 16.3. The van der Waals surface area contributed by atoms with Crippen molar-refractivity contribution in [2.75, 3.05) is 18.4 Å². The van der Waals surface area contributed by atoms with Gasteiger partial charge in [0.15, 0.2) is 0 Å². The summed E-state index contributed by atoms with van der Waals surface area (Å²) in [6.45, 7) is 1.60. The predicted molar refractivity (Wildman–Crippen MR) is 81.1 cm³/mol. The van der Waals surface area contributed by atoms with Gasteiger partial charge in [0, 0.05) is 24.2 Å². The molecule has 0 bridgehead atoms. The standard InChI is InChI=1S/C17H24N2O/c18-11-16(17(20)5-2-1-3-6-17)10-13-8-12-4-7-19-15(12)9-14(13)16/h8-9,19-20H,1-7,10-11,18H2. The highest BCUT2D eigenvalue weighted by Crippen LogP contribution is 2.54. The molecule has 108 valence electrons. The molecule has 4 N–H and O–H groups in total. The zero-order chi connectivity index (χ0) is 13.8. The van der Waals surface area contributed by atoms with Gasteiger partial charge in [0.05, 0.1) is 5.60 Å². The Morgan fingerprint density at radius 1 is 1.15 bits per heavy atom. The number of benzene rings is 1. The molecular weight excluding hydrogens is 248 g/mol. The first-order valence-electron chi connectivity index (χ1n) is 8.01. The van der Waals surface area contributed by atoms with E-state index in [1.54, 1.807) is 0 Å². The Morgan fingerprint density at radius 3 is 2.70 bits per heavy atom. The van der Waals surface area contributed by atoms with Crippen molar-refractivity contribution in [3.05, 3.63) is 28.8 Å². The van der Waals surface area contributed by atoms with Crippen LogP contribution in [0.1, 0.15) is 48.8 Å². The van der Waals surface area contributed by atoms with Crippen molar-refractivity contribution in [3.63, 3.8) is 0 Å². The number of rotatable bonds is 2. The van der Waals surface area contributed by atoms with Crippen molar-refractivity contribution < 1.29 is 5.11 Å². The molecule has 1 atom stereocenters. The van der Waals surface area contributed by atoms with Crippen molar-refractivity contribution >= 4 is 5.69 Å². The molecule has 0 radical (unpaired) electrons. The van der Waals surface area contributed by atoms with Crippen LogP contribution in [0.25, 0.3) is 0 Å². The molecule has 1 aromatic rings. The molecule has 3 aliphatic rings. The average molecular weight is 272 g/mol. The van der Waals surface area contributed by atoms with Crippen molar-refractivity contribution in [2.45, 2.75) is 56.0 Å². The first-order valence-corrected chi connectivity index (χ1v) is 8.01. The van der Waals surface area contributed by atoms with Gasteiger partial charge in [0.2, 0.25) is 0 Å². The van der Waals surface area contributed by atoms with Crippen LogP contribution in [0.4, 0.5) is 5.69 Å². The molecule has 2 aliphatic carbocycles. The largest absolute Gasteiger partial charge is 0.389 e. The van der Waals surface area contributed by atoms with E-state index in [1.165, 1.54) is 28.8 Å². The molecule has 1 unspecified atom stereocenters. The summed E-state index contributed by atoms with van der Waals surface area (Å²) in [5.41, 5.74) is 10.8. The molecule has 1 heterocycles. The third-order valence-corrected chi connectivity index (χ3v) is 5.97. The molecule has 3 heteroatoms. The number of anilines is 1. The molecule has 0 amide bonds. The van der Waals surface area contributed by atoms with Gasteiger partial charge in [-0.3, -0.25) is 0 Å². The molecule has 1 saturated carbocycles. The van der Waals surface area contributed by atoms with Crippen molar-refractivity contribution in [3.8, 4) is 0 Å². The molecular formula is C17H24N2O. The van der Waals surface area contributed by atoms with Gasteiger partial charge in [-0.25, -0.2) is 0 Å². The molecule has 20 heavy (non-hydrogen) atoms. The fourth-order valence-electron chi connectivity index (χ4n) is 4.71. The van der Waals surface area contributed by atoms with E-state index in [1.807, 2.05) is 0 Å². The van der Waals surface area contributed by atoms with Crippen LogP contribution in [0, 0.1) is 0 Å². The number of nitrogens with one attached hydrogen (secondary N) is 1. The SMILES string of the molecule is NCC1(C2(O)CCCCC2)Cc2cc3c(cc21)NCC3. The first-order chi connectivity index (χ1) is 9.68. The third-order valence-electron chi connectivity index (χ3n) is 5.97. The molecule has 4 rings (SSSR count). The molecule has 1 aromatic carbocycles. The second-order valence-electron chi connectivity index (χ2n) is 6.90. The number of fused-ring (bicyclic) bond motifs is 2.